The average molecular weight is 442 g/mol. The number of amides is 1. The maximum atomic E-state index is 13.1. The van der Waals surface area contributed by atoms with Crippen LogP contribution in [0.5, 0.6) is 0 Å². The van der Waals surface area contributed by atoms with Gasteiger partial charge in [-0.15, -0.1) is 17.9 Å². The molecule has 2 heterocycles. The van der Waals surface area contributed by atoms with Gasteiger partial charge in [0.2, 0.25) is 5.91 Å². The molecule has 0 fully saturated rings. The Morgan fingerprint density at radius 2 is 2.00 bits per heavy atom. The highest BCUT2D eigenvalue weighted by molar-refractivity contribution is 7.99. The molecule has 158 valence electrons. The highest BCUT2D eigenvalue weighted by Crippen LogP contribution is 2.28. The van der Waals surface area contributed by atoms with Crippen molar-refractivity contribution in [3.8, 4) is 0 Å². The van der Waals surface area contributed by atoms with Gasteiger partial charge >= 0.3 is 0 Å². The molecule has 0 unspecified atom stereocenters. The smallest absolute Gasteiger partial charge is 0.263 e. The number of thiophene rings is 1. The number of hydrogen-bond acceptors (Lipinski definition) is 5. The topological polar surface area (TPSA) is 55.2 Å². The number of carbonyl (C=O) groups is 1. The summed E-state index contributed by atoms with van der Waals surface area (Å²) in [4.78, 5) is 34.5. The van der Waals surface area contributed by atoms with Gasteiger partial charge in [0.25, 0.3) is 5.56 Å². The Hall–Kier alpha value is -2.38. The van der Waals surface area contributed by atoms with Crippen LogP contribution in [0.4, 0.5) is 0 Å². The van der Waals surface area contributed by atoms with Gasteiger partial charge in [-0.05, 0) is 38.8 Å². The van der Waals surface area contributed by atoms with Crippen molar-refractivity contribution in [1.29, 1.82) is 0 Å². The number of carbonyl (C=O) groups excluding carboxylic acids is 1. The summed E-state index contributed by atoms with van der Waals surface area (Å²) in [5.41, 5.74) is 2.01. The van der Waals surface area contributed by atoms with Crippen LogP contribution in [-0.2, 0) is 17.9 Å². The van der Waals surface area contributed by atoms with Crippen LogP contribution in [0.15, 0.2) is 52.9 Å². The van der Waals surface area contributed by atoms with Crippen molar-refractivity contribution in [1.82, 2.24) is 14.5 Å². The van der Waals surface area contributed by atoms with E-state index in [-0.39, 0.29) is 23.3 Å². The van der Waals surface area contributed by atoms with Crippen molar-refractivity contribution < 1.29 is 4.79 Å². The summed E-state index contributed by atoms with van der Waals surface area (Å²) >= 11 is 2.84. The molecule has 0 aliphatic carbocycles. The van der Waals surface area contributed by atoms with Crippen molar-refractivity contribution in [2.24, 2.45) is 0 Å². The number of hydrogen-bond donors (Lipinski definition) is 0. The predicted octanol–water partition coefficient (Wildman–Crippen LogP) is 4.79. The summed E-state index contributed by atoms with van der Waals surface area (Å²) in [6.07, 6.45) is 1.69. The fraction of sp³-hybridized carbons (Fsp3) is 0.348. The maximum absolute atomic E-state index is 13.1. The van der Waals surface area contributed by atoms with Crippen LogP contribution in [0.2, 0.25) is 0 Å². The normalized spacial score (nSPS) is 11.2. The SMILES string of the molecule is C=CCn1c(SCC(=O)N(Cc2ccccc2)C(C)C)nc2sc(C)c(C)c2c1=O. The van der Waals surface area contributed by atoms with Crippen LogP contribution in [0, 0.1) is 13.8 Å². The molecule has 1 amide bonds. The molecule has 0 saturated carbocycles. The van der Waals surface area contributed by atoms with E-state index in [1.165, 1.54) is 23.1 Å². The van der Waals surface area contributed by atoms with Gasteiger partial charge in [-0.2, -0.15) is 0 Å². The zero-order chi connectivity index (χ0) is 21.8. The molecule has 5 nitrogen and oxygen atoms in total. The zero-order valence-corrected chi connectivity index (χ0v) is 19.5. The van der Waals surface area contributed by atoms with Crippen LogP contribution in [-0.4, -0.2) is 32.2 Å². The first-order valence-corrected chi connectivity index (χ1v) is 11.7. The highest BCUT2D eigenvalue weighted by Gasteiger charge is 2.20. The van der Waals surface area contributed by atoms with Gasteiger partial charge in [0, 0.05) is 24.0 Å². The Kier molecular flexibility index (Phi) is 7.15. The zero-order valence-electron chi connectivity index (χ0n) is 17.8. The average Bonchev–Trinajstić information content (AvgIpc) is 3.01. The fourth-order valence-electron chi connectivity index (χ4n) is 3.26. The van der Waals surface area contributed by atoms with Crippen molar-refractivity contribution in [2.45, 2.75) is 52.0 Å². The van der Waals surface area contributed by atoms with Crippen LogP contribution in [0.25, 0.3) is 10.2 Å². The quantitative estimate of drug-likeness (QED) is 0.286. The lowest BCUT2D eigenvalue weighted by Crippen LogP contribution is -2.37. The van der Waals surface area contributed by atoms with Crippen LogP contribution < -0.4 is 5.56 Å². The second kappa shape index (κ2) is 9.62. The molecule has 0 bridgehead atoms. The molecule has 0 aliphatic rings. The minimum absolute atomic E-state index is 0.0249. The molecule has 2 aromatic heterocycles. The number of fused-ring (bicyclic) bond motifs is 1. The van der Waals surface area contributed by atoms with E-state index in [9.17, 15) is 9.59 Å². The van der Waals surface area contributed by atoms with Gasteiger partial charge < -0.3 is 4.90 Å². The molecular formula is C23H27N3O2S2. The summed E-state index contributed by atoms with van der Waals surface area (Å²) in [5.74, 6) is 0.251. The first-order valence-electron chi connectivity index (χ1n) is 9.91. The van der Waals surface area contributed by atoms with Crippen LogP contribution >= 0.6 is 23.1 Å². The molecule has 30 heavy (non-hydrogen) atoms. The molecule has 7 heteroatoms. The number of aryl methyl sites for hydroxylation is 2. The number of benzene rings is 1. The van der Waals surface area contributed by atoms with Gasteiger partial charge in [0.1, 0.15) is 4.83 Å². The van der Waals surface area contributed by atoms with E-state index in [4.69, 9.17) is 4.98 Å². The van der Waals surface area contributed by atoms with E-state index in [2.05, 4.69) is 6.58 Å². The van der Waals surface area contributed by atoms with Gasteiger partial charge in [-0.1, -0.05) is 48.2 Å². The molecular weight excluding hydrogens is 414 g/mol. The summed E-state index contributed by atoms with van der Waals surface area (Å²) < 4.78 is 1.61. The Morgan fingerprint density at radius 1 is 1.30 bits per heavy atom. The monoisotopic (exact) mass is 441 g/mol. The third-order valence-electron chi connectivity index (χ3n) is 5.03. The predicted molar refractivity (Wildman–Crippen MR) is 126 cm³/mol. The van der Waals surface area contributed by atoms with E-state index in [0.717, 1.165) is 20.8 Å². The number of aromatic nitrogens is 2. The van der Waals surface area contributed by atoms with Crippen molar-refractivity contribution in [3.63, 3.8) is 0 Å². The Labute approximate surface area is 185 Å². The van der Waals surface area contributed by atoms with Gasteiger partial charge in [-0.3, -0.25) is 14.2 Å². The summed E-state index contributed by atoms with van der Waals surface area (Å²) in [6.45, 7) is 12.7. The number of nitrogens with zero attached hydrogens (tertiary/aromatic N) is 3. The van der Waals surface area contributed by atoms with E-state index in [1.54, 1.807) is 10.6 Å². The molecule has 0 atom stereocenters. The lowest BCUT2D eigenvalue weighted by Gasteiger charge is -2.27. The van der Waals surface area contributed by atoms with E-state index >= 15 is 0 Å². The number of rotatable bonds is 8. The number of thioether (sulfide) groups is 1. The second-order valence-corrected chi connectivity index (χ2v) is 9.60. The van der Waals surface area contributed by atoms with E-state index in [0.29, 0.717) is 23.6 Å². The largest absolute Gasteiger partial charge is 0.335 e. The van der Waals surface area contributed by atoms with Gasteiger partial charge in [0.05, 0.1) is 11.1 Å². The maximum Gasteiger partial charge on any atom is 0.263 e. The highest BCUT2D eigenvalue weighted by atomic mass is 32.2. The van der Waals surface area contributed by atoms with Crippen LogP contribution in [0.3, 0.4) is 0 Å². The van der Waals surface area contributed by atoms with Crippen LogP contribution in [0.1, 0.15) is 29.9 Å². The molecule has 0 N–H and O–H groups in total. The van der Waals surface area contributed by atoms with E-state index in [1.807, 2.05) is 62.9 Å². The van der Waals surface area contributed by atoms with E-state index < -0.39 is 0 Å². The van der Waals surface area contributed by atoms with Gasteiger partial charge in [0.15, 0.2) is 5.16 Å². The lowest BCUT2D eigenvalue weighted by molar-refractivity contribution is -0.130. The molecule has 3 rings (SSSR count). The standard InChI is InChI=1S/C23H27N3O2S2/c1-6-12-25-22(28)20-16(4)17(5)30-21(20)24-23(25)29-14-19(27)26(15(2)3)13-18-10-8-7-9-11-18/h6-11,15H,1,12-14H2,2-5H3. The lowest BCUT2D eigenvalue weighted by atomic mass is 10.2. The second-order valence-electron chi connectivity index (χ2n) is 7.45. The molecule has 0 saturated heterocycles. The van der Waals surface area contributed by atoms with Gasteiger partial charge in [-0.25, -0.2) is 4.98 Å². The Balaban J connectivity index is 1.86. The minimum atomic E-state index is -0.0679. The third-order valence-corrected chi connectivity index (χ3v) is 7.09. The number of allylic oxidation sites excluding steroid dienone is 1. The molecule has 0 spiro atoms. The van der Waals surface area contributed by atoms with Crippen molar-refractivity contribution >= 4 is 39.2 Å². The molecule has 1 aromatic carbocycles. The summed E-state index contributed by atoms with van der Waals surface area (Å²) in [6, 6.07) is 10.0. The van der Waals surface area contributed by atoms with Crippen molar-refractivity contribution in [3.05, 3.63) is 69.3 Å². The summed E-state index contributed by atoms with van der Waals surface area (Å²) in [5, 5.41) is 1.23. The Bertz CT molecular complexity index is 1120. The minimum Gasteiger partial charge on any atom is -0.335 e. The third kappa shape index (κ3) is 4.68. The molecule has 3 aromatic rings. The molecule has 0 radical (unpaired) electrons. The first-order chi connectivity index (χ1) is 14.3. The molecule has 0 aliphatic heterocycles. The first kappa shape index (κ1) is 22.3. The fourth-order valence-corrected chi connectivity index (χ4v) is 5.22. The Morgan fingerprint density at radius 3 is 2.63 bits per heavy atom. The summed E-state index contributed by atoms with van der Waals surface area (Å²) in [7, 11) is 0. The van der Waals surface area contributed by atoms with Crippen molar-refractivity contribution in [2.75, 3.05) is 5.75 Å².